The van der Waals surface area contributed by atoms with Gasteiger partial charge in [-0.15, -0.1) is 0 Å². The first kappa shape index (κ1) is 14.8. The minimum atomic E-state index is -0.460. The van der Waals surface area contributed by atoms with Gasteiger partial charge in [0.25, 0.3) is 0 Å². The maximum absolute atomic E-state index is 11.2. The van der Waals surface area contributed by atoms with Crippen molar-refractivity contribution in [1.29, 1.82) is 5.26 Å². The number of rotatable bonds is 2. The normalized spacial score (nSPS) is 21.1. The van der Waals surface area contributed by atoms with Gasteiger partial charge in [0.1, 0.15) is 19.4 Å². The largest absolute Gasteiger partial charge is 0.360 e. The van der Waals surface area contributed by atoms with Gasteiger partial charge in [0.2, 0.25) is 0 Å². The first-order valence-electron chi connectivity index (χ1n) is 5.00. The number of likely N-dealkylation sites (tertiary alicyclic amines) is 1. The van der Waals surface area contributed by atoms with Crippen LogP contribution < -0.4 is 0 Å². The fraction of sp³-hybridized carbons (Fsp3) is 0.727. The first-order valence-corrected chi connectivity index (χ1v) is 5.00. The van der Waals surface area contributed by atoms with Crippen molar-refractivity contribution in [3.05, 3.63) is 0 Å². The van der Waals surface area contributed by atoms with Crippen LogP contribution in [0.5, 0.6) is 0 Å². The minimum Gasteiger partial charge on any atom is -0.360 e. The molecule has 1 saturated heterocycles. The van der Waals surface area contributed by atoms with E-state index in [9.17, 15) is 4.79 Å². The molecular formula is C11H18N2O3. The van der Waals surface area contributed by atoms with Gasteiger partial charge < -0.3 is 9.53 Å². The number of nitriles is 1. The number of nitrogens with zero attached hydrogens (tertiary/aromatic N) is 2. The zero-order valence-electron chi connectivity index (χ0n) is 10.0. The molecule has 5 nitrogen and oxygen atoms in total. The number of Topliss-reactive ketones (excluding diaryl/α,β-unsaturated/α-hetero) is 1. The van der Waals surface area contributed by atoms with E-state index in [4.69, 9.17) is 14.8 Å². The summed E-state index contributed by atoms with van der Waals surface area (Å²) in [5.74, 6) is -0.455. The third kappa shape index (κ3) is 5.01. The summed E-state index contributed by atoms with van der Waals surface area (Å²) in [6, 6.07) is 1.99. The number of ketones is 1. The van der Waals surface area contributed by atoms with Crippen LogP contribution in [0, 0.1) is 17.2 Å². The second kappa shape index (κ2) is 6.36. The van der Waals surface area contributed by atoms with Gasteiger partial charge in [-0.3, -0.25) is 9.69 Å². The van der Waals surface area contributed by atoms with Crippen molar-refractivity contribution in [3.8, 4) is 6.07 Å². The molecule has 0 N–H and O–H groups in total. The van der Waals surface area contributed by atoms with Crippen molar-refractivity contribution in [2.45, 2.75) is 26.4 Å². The Morgan fingerprint density at radius 3 is 2.50 bits per heavy atom. The predicted octanol–water partition coefficient (Wildman–Crippen LogP) is 0.599. The van der Waals surface area contributed by atoms with Crippen molar-refractivity contribution in [3.63, 3.8) is 0 Å². The number of hydrogen-bond acceptors (Lipinski definition) is 5. The molecule has 0 amide bonds. The molecule has 0 saturated carbocycles. The zero-order valence-corrected chi connectivity index (χ0v) is 10.0. The van der Waals surface area contributed by atoms with Crippen molar-refractivity contribution in [2.75, 3.05) is 19.8 Å². The smallest absolute Gasteiger partial charge is 0.165 e. The Kier molecular flexibility index (Phi) is 5.86. The van der Waals surface area contributed by atoms with Gasteiger partial charge in [-0.05, 0) is 20.8 Å². The van der Waals surface area contributed by atoms with E-state index in [1.807, 2.05) is 38.5 Å². The van der Waals surface area contributed by atoms with Crippen LogP contribution in [0.15, 0.2) is 0 Å². The van der Waals surface area contributed by atoms with E-state index in [-0.39, 0.29) is 11.4 Å². The van der Waals surface area contributed by atoms with Crippen LogP contribution >= 0.6 is 0 Å². The average molecular weight is 226 g/mol. The fourth-order valence-electron chi connectivity index (χ4n) is 1.25. The number of carbonyl (C=O) groups is 2. The molecule has 1 atom stereocenters. The molecule has 0 bridgehead atoms. The van der Waals surface area contributed by atoms with Crippen LogP contribution in [0.2, 0.25) is 0 Å². The van der Waals surface area contributed by atoms with E-state index < -0.39 is 5.92 Å². The van der Waals surface area contributed by atoms with Gasteiger partial charge in [-0.1, -0.05) is 0 Å². The quantitative estimate of drug-likeness (QED) is 0.689. The Morgan fingerprint density at radius 1 is 1.56 bits per heavy atom. The third-order valence-corrected chi connectivity index (χ3v) is 2.04. The lowest BCUT2D eigenvalue weighted by molar-refractivity contribution is -0.119. The molecule has 5 heteroatoms. The molecular weight excluding hydrogens is 208 g/mol. The molecule has 90 valence electrons. The number of carbonyl (C=O) groups excluding carboxylic acids is 2. The maximum Gasteiger partial charge on any atom is 0.165 e. The topological polar surface area (TPSA) is 70.4 Å². The van der Waals surface area contributed by atoms with E-state index >= 15 is 0 Å². The highest BCUT2D eigenvalue weighted by Crippen LogP contribution is 2.14. The lowest BCUT2D eigenvalue weighted by atomic mass is 10.1. The molecule has 1 fully saturated rings. The molecule has 0 aromatic rings. The molecule has 0 aromatic carbocycles. The van der Waals surface area contributed by atoms with Crippen LogP contribution in [0.1, 0.15) is 20.8 Å². The van der Waals surface area contributed by atoms with Gasteiger partial charge in [0, 0.05) is 6.54 Å². The Bertz CT molecular complexity index is 278. The van der Waals surface area contributed by atoms with Gasteiger partial charge in [0.05, 0.1) is 18.2 Å². The van der Waals surface area contributed by atoms with Gasteiger partial charge in [-0.2, -0.15) is 5.26 Å². The summed E-state index contributed by atoms with van der Waals surface area (Å²) < 4.78 is 5.52. The Hall–Kier alpha value is -1.25. The summed E-state index contributed by atoms with van der Waals surface area (Å²) >= 11 is 0. The van der Waals surface area contributed by atoms with E-state index in [1.54, 1.807) is 0 Å². The van der Waals surface area contributed by atoms with E-state index in [0.717, 1.165) is 0 Å². The van der Waals surface area contributed by atoms with Crippen LogP contribution in [-0.2, 0) is 14.3 Å². The van der Waals surface area contributed by atoms with Crippen LogP contribution in [0.25, 0.3) is 0 Å². The highest BCUT2D eigenvalue weighted by atomic mass is 16.5. The molecule has 1 aliphatic heterocycles. The molecule has 0 spiro atoms. The standard InChI is InChI=1S/C10H16N2O2.CH2O/c1-10(2,3)14-7-12-5-8(4-11)9(13)6-12;1-2/h8H,5-7H2,1-3H3;1H2. The first-order chi connectivity index (χ1) is 7.42. The van der Waals surface area contributed by atoms with Crippen molar-refractivity contribution < 1.29 is 14.3 Å². The Morgan fingerprint density at radius 2 is 2.12 bits per heavy atom. The van der Waals surface area contributed by atoms with Gasteiger partial charge in [-0.25, -0.2) is 0 Å². The van der Waals surface area contributed by atoms with Crippen LogP contribution in [0.4, 0.5) is 0 Å². The molecule has 1 unspecified atom stereocenters. The minimum absolute atomic E-state index is 0.00464. The Balaban J connectivity index is 0.00000106. The SMILES string of the molecule is C=O.CC(C)(C)OCN1CC(=O)C(C#N)C1. The second-order valence-corrected chi connectivity index (χ2v) is 4.55. The highest BCUT2D eigenvalue weighted by Gasteiger charge is 2.31. The molecule has 0 aliphatic carbocycles. The lowest BCUT2D eigenvalue weighted by Crippen LogP contribution is -2.30. The van der Waals surface area contributed by atoms with Crippen molar-refractivity contribution in [2.24, 2.45) is 5.92 Å². The third-order valence-electron chi connectivity index (χ3n) is 2.04. The van der Waals surface area contributed by atoms with E-state index in [2.05, 4.69) is 0 Å². The predicted molar refractivity (Wildman–Crippen MR) is 58.5 cm³/mol. The maximum atomic E-state index is 11.2. The summed E-state index contributed by atoms with van der Waals surface area (Å²) in [7, 11) is 0. The number of ether oxygens (including phenoxy) is 1. The highest BCUT2D eigenvalue weighted by molar-refractivity contribution is 5.87. The van der Waals surface area contributed by atoms with Gasteiger partial charge >= 0.3 is 0 Å². The summed E-state index contributed by atoms with van der Waals surface area (Å²) in [5, 5.41) is 8.64. The summed E-state index contributed by atoms with van der Waals surface area (Å²) in [4.78, 5) is 21.1. The van der Waals surface area contributed by atoms with E-state index in [0.29, 0.717) is 19.8 Å². The van der Waals surface area contributed by atoms with Crippen molar-refractivity contribution in [1.82, 2.24) is 4.90 Å². The van der Waals surface area contributed by atoms with Gasteiger partial charge in [0.15, 0.2) is 5.78 Å². The number of hydrogen-bond donors (Lipinski definition) is 0. The monoisotopic (exact) mass is 226 g/mol. The molecule has 0 radical (unpaired) electrons. The lowest BCUT2D eigenvalue weighted by Gasteiger charge is -2.23. The van der Waals surface area contributed by atoms with Crippen LogP contribution in [-0.4, -0.2) is 42.9 Å². The molecule has 0 aromatic heterocycles. The molecule has 1 heterocycles. The van der Waals surface area contributed by atoms with Crippen molar-refractivity contribution >= 4 is 12.6 Å². The molecule has 1 aliphatic rings. The second-order valence-electron chi connectivity index (χ2n) is 4.55. The summed E-state index contributed by atoms with van der Waals surface area (Å²) in [6.45, 7) is 9.17. The average Bonchev–Trinajstić information content (AvgIpc) is 2.58. The fourth-order valence-corrected chi connectivity index (χ4v) is 1.25. The van der Waals surface area contributed by atoms with Crippen LogP contribution in [0.3, 0.4) is 0 Å². The summed E-state index contributed by atoms with van der Waals surface area (Å²) in [6.07, 6.45) is 0. The Labute approximate surface area is 96.0 Å². The molecule has 16 heavy (non-hydrogen) atoms. The summed E-state index contributed by atoms with van der Waals surface area (Å²) in [5.41, 5.74) is -0.201. The van der Waals surface area contributed by atoms with E-state index in [1.165, 1.54) is 0 Å². The zero-order chi connectivity index (χ0) is 12.8. The molecule has 1 rings (SSSR count).